The fourth-order valence-electron chi connectivity index (χ4n) is 2.98. The fourth-order valence-corrected chi connectivity index (χ4v) is 2.98. The standard InChI is InChI=1S/C19H21F3N4O4/c1-28-13-3-4-14(15(11-13)29-2)24-18(27)26-9-6-12(7-10-26)30-17-23-8-5-16(25-17)19(20,21)22/h3-5,8,11-12H,6-7,9-10H2,1-2H3,(H,24,27). The molecular formula is C19H21F3N4O4. The molecule has 1 aliphatic heterocycles. The molecule has 0 bridgehead atoms. The van der Waals surface area contributed by atoms with Crippen molar-refractivity contribution in [3.05, 3.63) is 36.2 Å². The van der Waals surface area contributed by atoms with Crippen LogP contribution in [0.2, 0.25) is 0 Å². The Hall–Kier alpha value is -3.24. The zero-order valence-electron chi connectivity index (χ0n) is 16.4. The normalized spacial score (nSPS) is 14.9. The van der Waals surface area contributed by atoms with Crippen molar-refractivity contribution in [2.45, 2.75) is 25.1 Å². The van der Waals surface area contributed by atoms with Gasteiger partial charge >= 0.3 is 18.2 Å². The molecule has 11 heteroatoms. The molecule has 0 radical (unpaired) electrons. The number of amides is 2. The van der Waals surface area contributed by atoms with Crippen molar-refractivity contribution in [2.24, 2.45) is 0 Å². The molecule has 8 nitrogen and oxygen atoms in total. The van der Waals surface area contributed by atoms with Crippen molar-refractivity contribution in [3.63, 3.8) is 0 Å². The minimum absolute atomic E-state index is 0.313. The number of carbonyl (C=O) groups is 1. The number of likely N-dealkylation sites (tertiary alicyclic amines) is 1. The summed E-state index contributed by atoms with van der Waals surface area (Å²) >= 11 is 0. The third-order valence-electron chi connectivity index (χ3n) is 4.58. The van der Waals surface area contributed by atoms with E-state index in [0.717, 1.165) is 12.3 Å². The van der Waals surface area contributed by atoms with Crippen LogP contribution in [0.3, 0.4) is 0 Å². The van der Waals surface area contributed by atoms with Gasteiger partial charge in [-0.3, -0.25) is 0 Å². The van der Waals surface area contributed by atoms with Gasteiger partial charge in [0.2, 0.25) is 0 Å². The fraction of sp³-hybridized carbons (Fsp3) is 0.421. The minimum Gasteiger partial charge on any atom is -0.497 e. The van der Waals surface area contributed by atoms with Crippen LogP contribution in [0.1, 0.15) is 18.5 Å². The summed E-state index contributed by atoms with van der Waals surface area (Å²) in [6, 6.07) is 5.18. The number of carbonyl (C=O) groups excluding carboxylic acids is 1. The quantitative estimate of drug-likeness (QED) is 0.787. The van der Waals surface area contributed by atoms with Gasteiger partial charge in [0.05, 0.1) is 19.9 Å². The highest BCUT2D eigenvalue weighted by Gasteiger charge is 2.33. The molecule has 2 aromatic rings. The highest BCUT2D eigenvalue weighted by atomic mass is 19.4. The Morgan fingerprint density at radius 1 is 1.17 bits per heavy atom. The van der Waals surface area contributed by atoms with Crippen molar-refractivity contribution >= 4 is 11.7 Å². The summed E-state index contributed by atoms with van der Waals surface area (Å²) in [7, 11) is 3.02. The van der Waals surface area contributed by atoms with Gasteiger partial charge in [-0.1, -0.05) is 0 Å². The summed E-state index contributed by atoms with van der Waals surface area (Å²) in [6.45, 7) is 0.738. The second-order valence-corrected chi connectivity index (χ2v) is 6.52. The van der Waals surface area contributed by atoms with Crippen LogP contribution in [0.4, 0.5) is 23.7 Å². The van der Waals surface area contributed by atoms with E-state index in [9.17, 15) is 18.0 Å². The molecule has 1 fully saturated rings. The van der Waals surface area contributed by atoms with Crippen LogP contribution in [-0.4, -0.2) is 54.3 Å². The number of nitrogens with zero attached hydrogens (tertiary/aromatic N) is 3. The highest BCUT2D eigenvalue weighted by Crippen LogP contribution is 2.30. The van der Waals surface area contributed by atoms with Gasteiger partial charge in [-0.25, -0.2) is 9.78 Å². The van der Waals surface area contributed by atoms with Gasteiger partial charge in [0.25, 0.3) is 0 Å². The minimum atomic E-state index is -4.56. The highest BCUT2D eigenvalue weighted by molar-refractivity contribution is 5.91. The molecule has 1 N–H and O–H groups in total. The van der Waals surface area contributed by atoms with Gasteiger partial charge in [-0.2, -0.15) is 18.2 Å². The average molecular weight is 426 g/mol. The van der Waals surface area contributed by atoms with E-state index in [-0.39, 0.29) is 18.1 Å². The molecule has 2 amide bonds. The summed E-state index contributed by atoms with van der Waals surface area (Å²) in [6.07, 6.45) is -3.06. The van der Waals surface area contributed by atoms with E-state index in [1.165, 1.54) is 14.2 Å². The number of anilines is 1. The maximum Gasteiger partial charge on any atom is 0.433 e. The number of halogens is 3. The molecule has 0 saturated carbocycles. The predicted molar refractivity (Wildman–Crippen MR) is 101 cm³/mol. The SMILES string of the molecule is COc1ccc(NC(=O)N2CCC(Oc3nccc(C(F)(F)F)n3)CC2)c(OC)c1. The number of methoxy groups -OCH3 is 2. The van der Waals surface area contributed by atoms with Gasteiger partial charge < -0.3 is 24.4 Å². The molecular weight excluding hydrogens is 405 g/mol. The van der Waals surface area contributed by atoms with Crippen LogP contribution in [0.5, 0.6) is 17.5 Å². The second kappa shape index (κ2) is 9.06. The first-order valence-electron chi connectivity index (χ1n) is 9.15. The maximum atomic E-state index is 12.7. The van der Waals surface area contributed by atoms with Gasteiger partial charge in [0.15, 0.2) is 5.69 Å². The molecule has 1 aromatic heterocycles. The molecule has 0 atom stereocenters. The first-order valence-corrected chi connectivity index (χ1v) is 9.15. The number of nitrogens with one attached hydrogen (secondary N) is 1. The zero-order valence-corrected chi connectivity index (χ0v) is 16.4. The van der Waals surface area contributed by atoms with Crippen molar-refractivity contribution in [1.82, 2.24) is 14.9 Å². The van der Waals surface area contributed by atoms with Crippen molar-refractivity contribution in [3.8, 4) is 17.5 Å². The summed E-state index contributed by atoms with van der Waals surface area (Å²) in [5.41, 5.74) is -0.559. The number of benzene rings is 1. The largest absolute Gasteiger partial charge is 0.497 e. The van der Waals surface area contributed by atoms with E-state index < -0.39 is 11.9 Å². The number of alkyl halides is 3. The zero-order chi connectivity index (χ0) is 21.7. The van der Waals surface area contributed by atoms with Crippen molar-refractivity contribution in [2.75, 3.05) is 32.6 Å². The van der Waals surface area contributed by atoms with Gasteiger partial charge in [0.1, 0.15) is 17.6 Å². The number of hydrogen-bond acceptors (Lipinski definition) is 6. The summed E-state index contributed by atoms with van der Waals surface area (Å²) < 4.78 is 54.1. The predicted octanol–water partition coefficient (Wildman–Crippen LogP) is 3.59. The second-order valence-electron chi connectivity index (χ2n) is 6.52. The average Bonchev–Trinajstić information content (AvgIpc) is 2.74. The maximum absolute atomic E-state index is 12.7. The van der Waals surface area contributed by atoms with Crippen LogP contribution in [0, 0.1) is 0 Å². The lowest BCUT2D eigenvalue weighted by atomic mass is 10.1. The first-order chi connectivity index (χ1) is 14.3. The molecule has 0 unspecified atom stereocenters. The van der Waals surface area contributed by atoms with E-state index in [1.54, 1.807) is 23.1 Å². The van der Waals surface area contributed by atoms with Gasteiger partial charge in [-0.15, -0.1) is 0 Å². The molecule has 30 heavy (non-hydrogen) atoms. The van der Waals surface area contributed by atoms with Gasteiger partial charge in [0, 0.05) is 38.2 Å². The van der Waals surface area contributed by atoms with E-state index in [4.69, 9.17) is 14.2 Å². The van der Waals surface area contributed by atoms with Crippen LogP contribution < -0.4 is 19.5 Å². The van der Waals surface area contributed by atoms with Crippen LogP contribution in [-0.2, 0) is 6.18 Å². The Morgan fingerprint density at radius 3 is 2.53 bits per heavy atom. The molecule has 1 aromatic carbocycles. The van der Waals surface area contributed by atoms with E-state index in [2.05, 4.69) is 15.3 Å². The Bertz CT molecular complexity index is 886. The van der Waals surface area contributed by atoms with Crippen LogP contribution in [0.15, 0.2) is 30.5 Å². The number of hydrogen-bond donors (Lipinski definition) is 1. The lowest BCUT2D eigenvalue weighted by Gasteiger charge is -2.31. The Morgan fingerprint density at radius 2 is 1.90 bits per heavy atom. The lowest BCUT2D eigenvalue weighted by molar-refractivity contribution is -0.141. The third-order valence-corrected chi connectivity index (χ3v) is 4.58. The molecule has 2 heterocycles. The smallest absolute Gasteiger partial charge is 0.433 e. The number of urea groups is 1. The van der Waals surface area contributed by atoms with E-state index in [1.807, 2.05) is 0 Å². The number of piperidine rings is 1. The monoisotopic (exact) mass is 426 g/mol. The third kappa shape index (κ3) is 5.22. The van der Waals surface area contributed by atoms with E-state index in [0.29, 0.717) is 43.1 Å². The molecule has 0 aliphatic carbocycles. The number of rotatable bonds is 5. The summed E-state index contributed by atoms with van der Waals surface area (Å²) in [4.78, 5) is 21.3. The number of ether oxygens (including phenoxy) is 3. The Kier molecular flexibility index (Phi) is 6.48. The molecule has 1 saturated heterocycles. The number of aromatic nitrogens is 2. The first kappa shape index (κ1) is 21.5. The summed E-state index contributed by atoms with van der Waals surface area (Å²) in [5, 5.41) is 2.79. The van der Waals surface area contributed by atoms with Crippen molar-refractivity contribution in [1.29, 1.82) is 0 Å². The topological polar surface area (TPSA) is 85.8 Å². The molecule has 3 rings (SSSR count). The lowest BCUT2D eigenvalue weighted by Crippen LogP contribution is -2.44. The van der Waals surface area contributed by atoms with Crippen molar-refractivity contribution < 1.29 is 32.2 Å². The Labute approximate surface area is 171 Å². The van der Waals surface area contributed by atoms with Gasteiger partial charge in [-0.05, 0) is 18.2 Å². The Balaban J connectivity index is 1.55. The molecule has 0 spiro atoms. The van der Waals surface area contributed by atoms with Crippen LogP contribution >= 0.6 is 0 Å². The van der Waals surface area contributed by atoms with Crippen LogP contribution in [0.25, 0.3) is 0 Å². The van der Waals surface area contributed by atoms with E-state index >= 15 is 0 Å². The summed E-state index contributed by atoms with van der Waals surface area (Å²) in [5.74, 6) is 1.06. The molecule has 1 aliphatic rings. The molecule has 162 valence electrons.